The molecule has 1 saturated carbocycles. The standard InChI is InChI=1S/C30H34FN9/c1-39-9-11-40(12-10-39)24-8-4-7-22-28(24)36-30(35-22)29-25-23(37-38-29)18-34-27(26(25)31)21-13-20(16-33-17-21)15-32-14-19-5-2-3-6-19/h4,7-8,13,16-19,32H,2-3,5-6,9-12,14-15H2,1H3,(H,35,36)(H,37,38). The molecule has 4 aromatic heterocycles. The molecule has 2 fully saturated rings. The van der Waals surface area contributed by atoms with Gasteiger partial charge in [0.05, 0.1) is 28.3 Å². The fourth-order valence-corrected chi connectivity index (χ4v) is 6.13. The average molecular weight is 540 g/mol. The molecule has 3 N–H and O–H groups in total. The SMILES string of the molecule is CN1CCN(c2cccc3[nH]c(-c4n[nH]c5cnc(-c6cncc(CNCC7CCCC7)c6)c(F)c45)nc23)CC1. The summed E-state index contributed by atoms with van der Waals surface area (Å²) in [5, 5.41) is 11.3. The van der Waals surface area contributed by atoms with Crippen molar-refractivity contribution >= 4 is 27.6 Å². The van der Waals surface area contributed by atoms with E-state index in [1.165, 1.54) is 25.7 Å². The monoisotopic (exact) mass is 539 g/mol. The quantitative estimate of drug-likeness (QED) is 0.275. The maximum atomic E-state index is 16.2. The van der Waals surface area contributed by atoms with E-state index in [0.717, 1.165) is 60.9 Å². The topological polar surface area (TPSA) is 102 Å². The molecule has 1 aromatic carbocycles. The van der Waals surface area contributed by atoms with Gasteiger partial charge in [0.25, 0.3) is 0 Å². The van der Waals surface area contributed by atoms with E-state index in [2.05, 4.69) is 53.4 Å². The minimum atomic E-state index is -0.432. The maximum absolute atomic E-state index is 16.2. The minimum Gasteiger partial charge on any atom is -0.367 e. The number of likely N-dealkylation sites (N-methyl/N-ethyl adjacent to an activating group) is 1. The van der Waals surface area contributed by atoms with Gasteiger partial charge in [0.2, 0.25) is 0 Å². The summed E-state index contributed by atoms with van der Waals surface area (Å²) in [4.78, 5) is 21.8. The maximum Gasteiger partial charge on any atom is 0.161 e. The van der Waals surface area contributed by atoms with E-state index in [4.69, 9.17) is 4.98 Å². The van der Waals surface area contributed by atoms with Gasteiger partial charge in [-0.05, 0) is 56.1 Å². The summed E-state index contributed by atoms with van der Waals surface area (Å²) >= 11 is 0. The van der Waals surface area contributed by atoms with Gasteiger partial charge >= 0.3 is 0 Å². The number of benzene rings is 1. The molecule has 10 heteroatoms. The number of hydrogen-bond acceptors (Lipinski definition) is 7. The lowest BCUT2D eigenvalue weighted by molar-refractivity contribution is 0.313. The molecule has 0 amide bonds. The Kier molecular flexibility index (Phi) is 6.65. The Labute approximate surface area is 232 Å². The van der Waals surface area contributed by atoms with Crippen molar-refractivity contribution in [3.63, 3.8) is 0 Å². The number of rotatable bonds is 7. The number of piperazine rings is 1. The molecule has 1 saturated heterocycles. The first-order valence-electron chi connectivity index (χ1n) is 14.2. The van der Waals surface area contributed by atoms with Crippen LogP contribution < -0.4 is 10.2 Å². The first-order chi connectivity index (χ1) is 19.6. The Hall–Kier alpha value is -3.89. The number of anilines is 1. The molecular formula is C30H34FN9. The van der Waals surface area contributed by atoms with E-state index in [0.29, 0.717) is 34.5 Å². The first kappa shape index (κ1) is 25.1. The second-order valence-corrected chi connectivity index (χ2v) is 11.2. The van der Waals surface area contributed by atoms with Crippen molar-refractivity contribution in [2.45, 2.75) is 32.2 Å². The van der Waals surface area contributed by atoms with Crippen LogP contribution in [0, 0.1) is 11.7 Å². The van der Waals surface area contributed by atoms with Crippen molar-refractivity contribution in [1.82, 2.24) is 40.3 Å². The summed E-state index contributed by atoms with van der Waals surface area (Å²) in [5.74, 6) is 0.855. The van der Waals surface area contributed by atoms with E-state index < -0.39 is 5.82 Å². The Balaban J connectivity index is 1.20. The molecular weight excluding hydrogens is 505 g/mol. The highest BCUT2D eigenvalue weighted by Gasteiger charge is 2.23. The second kappa shape index (κ2) is 10.6. The lowest BCUT2D eigenvalue weighted by atomic mass is 10.1. The van der Waals surface area contributed by atoms with E-state index >= 15 is 4.39 Å². The smallest absolute Gasteiger partial charge is 0.161 e. The molecule has 0 atom stereocenters. The number of para-hydroxylation sites is 1. The molecule has 1 aliphatic heterocycles. The number of H-pyrrole nitrogens is 2. The van der Waals surface area contributed by atoms with Crippen LogP contribution in [0.25, 0.3) is 44.7 Å². The highest BCUT2D eigenvalue weighted by Crippen LogP contribution is 2.34. The summed E-state index contributed by atoms with van der Waals surface area (Å²) in [7, 11) is 2.14. The van der Waals surface area contributed by atoms with Gasteiger partial charge in [-0.2, -0.15) is 5.10 Å². The number of pyridine rings is 2. The summed E-state index contributed by atoms with van der Waals surface area (Å²) in [6, 6.07) is 8.11. The third-order valence-corrected chi connectivity index (χ3v) is 8.41. The van der Waals surface area contributed by atoms with Gasteiger partial charge in [-0.1, -0.05) is 18.9 Å². The number of imidazole rings is 1. The molecule has 7 rings (SSSR count). The molecule has 5 aromatic rings. The van der Waals surface area contributed by atoms with Crippen LogP contribution in [0.2, 0.25) is 0 Å². The Morgan fingerprint density at radius 2 is 1.88 bits per heavy atom. The molecule has 206 valence electrons. The third kappa shape index (κ3) is 4.71. The zero-order valence-corrected chi connectivity index (χ0v) is 22.8. The lowest BCUT2D eigenvalue weighted by Crippen LogP contribution is -2.44. The molecule has 5 heterocycles. The van der Waals surface area contributed by atoms with E-state index in [1.807, 2.05) is 24.4 Å². The normalized spacial score (nSPS) is 17.0. The Morgan fingerprint density at radius 1 is 1.02 bits per heavy atom. The molecule has 0 unspecified atom stereocenters. The molecule has 0 spiro atoms. The lowest BCUT2D eigenvalue weighted by Gasteiger charge is -2.34. The van der Waals surface area contributed by atoms with Crippen LogP contribution in [0.15, 0.2) is 42.9 Å². The number of halogens is 1. The highest BCUT2D eigenvalue weighted by atomic mass is 19.1. The van der Waals surface area contributed by atoms with Crippen molar-refractivity contribution < 1.29 is 4.39 Å². The van der Waals surface area contributed by atoms with Gasteiger partial charge in [0, 0.05) is 50.7 Å². The second-order valence-electron chi connectivity index (χ2n) is 11.2. The van der Waals surface area contributed by atoms with Crippen LogP contribution in [0.1, 0.15) is 31.2 Å². The summed E-state index contributed by atoms with van der Waals surface area (Å²) in [6.45, 7) is 5.60. The summed E-state index contributed by atoms with van der Waals surface area (Å²) in [5.41, 5.74) is 5.74. The van der Waals surface area contributed by atoms with Crippen molar-refractivity contribution in [3.8, 4) is 22.8 Å². The Morgan fingerprint density at radius 3 is 2.73 bits per heavy atom. The van der Waals surface area contributed by atoms with Crippen molar-refractivity contribution in [2.24, 2.45) is 5.92 Å². The van der Waals surface area contributed by atoms with E-state index in [-0.39, 0.29) is 5.69 Å². The molecule has 0 bridgehead atoms. The molecule has 0 radical (unpaired) electrons. The average Bonchev–Trinajstić information content (AvgIpc) is 3.73. The molecule has 1 aliphatic carbocycles. The van der Waals surface area contributed by atoms with Crippen molar-refractivity contribution in [1.29, 1.82) is 0 Å². The van der Waals surface area contributed by atoms with Crippen LogP contribution in [0.3, 0.4) is 0 Å². The fourth-order valence-electron chi connectivity index (χ4n) is 6.13. The number of fused-ring (bicyclic) bond motifs is 2. The first-order valence-corrected chi connectivity index (χ1v) is 14.2. The van der Waals surface area contributed by atoms with Gasteiger partial charge in [0.1, 0.15) is 16.9 Å². The number of aromatic nitrogens is 6. The predicted octanol–water partition coefficient (Wildman–Crippen LogP) is 4.73. The molecule has 2 aliphatic rings. The third-order valence-electron chi connectivity index (χ3n) is 8.41. The van der Waals surface area contributed by atoms with Crippen LogP contribution in [0.4, 0.5) is 10.1 Å². The largest absolute Gasteiger partial charge is 0.367 e. The number of aromatic amines is 2. The zero-order chi connectivity index (χ0) is 27.1. The van der Waals surface area contributed by atoms with Gasteiger partial charge in [-0.25, -0.2) is 9.37 Å². The predicted molar refractivity (Wildman–Crippen MR) is 156 cm³/mol. The van der Waals surface area contributed by atoms with E-state index in [1.54, 1.807) is 12.4 Å². The number of hydrogen-bond donors (Lipinski definition) is 3. The highest BCUT2D eigenvalue weighted by molar-refractivity contribution is 5.97. The Bertz CT molecular complexity index is 1640. The fraction of sp³-hybridized carbons (Fsp3) is 0.400. The zero-order valence-electron chi connectivity index (χ0n) is 22.8. The summed E-state index contributed by atoms with van der Waals surface area (Å²) < 4.78 is 16.2. The van der Waals surface area contributed by atoms with Crippen LogP contribution in [0.5, 0.6) is 0 Å². The van der Waals surface area contributed by atoms with Crippen LogP contribution in [-0.4, -0.2) is 74.8 Å². The van der Waals surface area contributed by atoms with Gasteiger partial charge in [-0.15, -0.1) is 0 Å². The van der Waals surface area contributed by atoms with Gasteiger partial charge < -0.3 is 20.1 Å². The molecule has 40 heavy (non-hydrogen) atoms. The van der Waals surface area contributed by atoms with Crippen LogP contribution >= 0.6 is 0 Å². The van der Waals surface area contributed by atoms with E-state index in [9.17, 15) is 0 Å². The molecule has 9 nitrogen and oxygen atoms in total. The number of nitrogens with one attached hydrogen (secondary N) is 3. The van der Waals surface area contributed by atoms with Crippen molar-refractivity contribution in [2.75, 3.05) is 44.7 Å². The number of nitrogens with zero attached hydrogens (tertiary/aromatic N) is 6. The van der Waals surface area contributed by atoms with Gasteiger partial charge in [0.15, 0.2) is 11.6 Å². The van der Waals surface area contributed by atoms with Gasteiger partial charge in [-0.3, -0.25) is 15.1 Å². The minimum absolute atomic E-state index is 0.259. The van der Waals surface area contributed by atoms with Crippen LogP contribution in [-0.2, 0) is 6.54 Å². The summed E-state index contributed by atoms with van der Waals surface area (Å²) in [6.07, 6.45) is 10.4. The van der Waals surface area contributed by atoms with Crippen molar-refractivity contribution in [3.05, 3.63) is 54.2 Å².